The summed E-state index contributed by atoms with van der Waals surface area (Å²) < 4.78 is 0. The third-order valence-corrected chi connectivity index (χ3v) is 2.58. The number of aryl methyl sites for hydroxylation is 1. The Morgan fingerprint density at radius 2 is 2.17 bits per heavy atom. The molecule has 0 heterocycles. The van der Waals surface area contributed by atoms with Crippen LogP contribution in [0.2, 0.25) is 5.02 Å². The molecule has 0 fully saturated rings. The second kappa shape index (κ2) is 3.92. The second-order valence-corrected chi connectivity index (χ2v) is 3.37. The predicted octanol–water partition coefficient (Wildman–Crippen LogP) is 3.06. The molecule has 0 aliphatic heterocycles. The van der Waals surface area contributed by atoms with Crippen molar-refractivity contribution in [3.8, 4) is 0 Å². The zero-order valence-corrected chi connectivity index (χ0v) is 8.23. The van der Waals surface area contributed by atoms with Crippen LogP contribution < -0.4 is 5.73 Å². The Balaban J connectivity index is 3.07. The van der Waals surface area contributed by atoms with Gasteiger partial charge in [0.25, 0.3) is 0 Å². The number of hydrogen-bond acceptors (Lipinski definition) is 1. The smallest absolute Gasteiger partial charge is 0.0482 e. The Morgan fingerprint density at radius 3 is 2.75 bits per heavy atom. The summed E-state index contributed by atoms with van der Waals surface area (Å²) >= 11 is 6.09. The van der Waals surface area contributed by atoms with Gasteiger partial charge in [-0.3, -0.25) is 0 Å². The Kier molecular flexibility index (Phi) is 3.12. The van der Waals surface area contributed by atoms with Gasteiger partial charge in [0, 0.05) is 11.1 Å². The van der Waals surface area contributed by atoms with Crippen LogP contribution in [0.4, 0.5) is 0 Å². The molecule has 66 valence electrons. The van der Waals surface area contributed by atoms with Crippen molar-refractivity contribution in [3.63, 3.8) is 0 Å². The van der Waals surface area contributed by atoms with Crippen LogP contribution in [-0.2, 0) is 0 Å². The zero-order chi connectivity index (χ0) is 9.14. The molecule has 2 heteroatoms. The summed E-state index contributed by atoms with van der Waals surface area (Å²) in [7, 11) is 0. The largest absolute Gasteiger partial charge is 0.324 e. The van der Waals surface area contributed by atoms with Crippen molar-refractivity contribution in [2.45, 2.75) is 26.3 Å². The Hall–Kier alpha value is -0.530. The molecule has 0 amide bonds. The first-order valence-electron chi connectivity index (χ1n) is 4.17. The van der Waals surface area contributed by atoms with E-state index < -0.39 is 0 Å². The van der Waals surface area contributed by atoms with E-state index in [1.54, 1.807) is 0 Å². The molecule has 0 aromatic heterocycles. The Labute approximate surface area is 78.5 Å². The molecule has 0 aliphatic rings. The minimum Gasteiger partial charge on any atom is -0.324 e. The fourth-order valence-corrected chi connectivity index (χ4v) is 1.44. The van der Waals surface area contributed by atoms with Crippen LogP contribution in [-0.4, -0.2) is 0 Å². The van der Waals surface area contributed by atoms with Crippen molar-refractivity contribution in [3.05, 3.63) is 34.3 Å². The number of halogens is 1. The highest BCUT2D eigenvalue weighted by atomic mass is 35.5. The van der Waals surface area contributed by atoms with Crippen molar-refractivity contribution in [1.82, 2.24) is 0 Å². The third-order valence-electron chi connectivity index (χ3n) is 2.06. The average molecular weight is 184 g/mol. The van der Waals surface area contributed by atoms with Crippen LogP contribution in [0.25, 0.3) is 0 Å². The number of benzene rings is 1. The molecular weight excluding hydrogens is 170 g/mol. The van der Waals surface area contributed by atoms with E-state index in [9.17, 15) is 0 Å². The first kappa shape index (κ1) is 9.56. The molecule has 1 rings (SSSR count). The highest BCUT2D eigenvalue weighted by molar-refractivity contribution is 6.32. The maximum absolute atomic E-state index is 6.09. The van der Waals surface area contributed by atoms with Crippen LogP contribution >= 0.6 is 11.6 Å². The van der Waals surface area contributed by atoms with Crippen LogP contribution in [0.3, 0.4) is 0 Å². The first-order chi connectivity index (χ1) is 5.66. The zero-order valence-electron chi connectivity index (χ0n) is 7.47. The van der Waals surface area contributed by atoms with Crippen molar-refractivity contribution < 1.29 is 0 Å². The molecule has 0 spiro atoms. The molecule has 0 saturated carbocycles. The van der Waals surface area contributed by atoms with Gasteiger partial charge in [0.2, 0.25) is 0 Å². The van der Waals surface area contributed by atoms with E-state index in [0.29, 0.717) is 0 Å². The van der Waals surface area contributed by atoms with E-state index in [2.05, 4.69) is 6.92 Å². The molecule has 0 unspecified atom stereocenters. The van der Waals surface area contributed by atoms with Gasteiger partial charge >= 0.3 is 0 Å². The van der Waals surface area contributed by atoms with E-state index in [0.717, 1.165) is 22.6 Å². The van der Waals surface area contributed by atoms with E-state index in [1.807, 2.05) is 25.1 Å². The second-order valence-electron chi connectivity index (χ2n) is 2.99. The van der Waals surface area contributed by atoms with Crippen molar-refractivity contribution in [2.24, 2.45) is 5.73 Å². The van der Waals surface area contributed by atoms with Gasteiger partial charge in [0.05, 0.1) is 0 Å². The van der Waals surface area contributed by atoms with Crippen LogP contribution in [0.1, 0.15) is 30.5 Å². The number of nitrogens with two attached hydrogens (primary N) is 1. The molecule has 0 aliphatic carbocycles. The van der Waals surface area contributed by atoms with Crippen LogP contribution in [0.15, 0.2) is 18.2 Å². The molecule has 1 atom stereocenters. The molecule has 0 bridgehead atoms. The van der Waals surface area contributed by atoms with E-state index >= 15 is 0 Å². The fraction of sp³-hybridized carbons (Fsp3) is 0.400. The lowest BCUT2D eigenvalue weighted by molar-refractivity contribution is 0.698. The standard InChI is InChI=1S/C10H14ClN/c1-3-9(12)8-6-4-5-7(2)10(8)11/h4-6,9H,3,12H2,1-2H3/t9-/m1/s1. The minimum absolute atomic E-state index is 0.0670. The third kappa shape index (κ3) is 1.79. The van der Waals surface area contributed by atoms with Crippen molar-refractivity contribution >= 4 is 11.6 Å². The predicted molar refractivity (Wildman–Crippen MR) is 53.4 cm³/mol. The highest BCUT2D eigenvalue weighted by Gasteiger charge is 2.08. The maximum Gasteiger partial charge on any atom is 0.0482 e. The average Bonchev–Trinajstić information content (AvgIpc) is 2.08. The Morgan fingerprint density at radius 1 is 1.50 bits per heavy atom. The fourth-order valence-electron chi connectivity index (χ4n) is 1.18. The SMILES string of the molecule is CC[C@@H](N)c1cccc(C)c1Cl. The van der Waals surface area contributed by atoms with Crippen molar-refractivity contribution in [2.75, 3.05) is 0 Å². The summed E-state index contributed by atoms with van der Waals surface area (Å²) in [5, 5.41) is 0.812. The molecule has 12 heavy (non-hydrogen) atoms. The van der Waals surface area contributed by atoms with Gasteiger partial charge in [-0.15, -0.1) is 0 Å². The summed E-state index contributed by atoms with van der Waals surface area (Å²) in [6.07, 6.45) is 0.920. The molecule has 1 nitrogen and oxygen atoms in total. The Bertz CT molecular complexity index is 271. The molecule has 0 saturated heterocycles. The highest BCUT2D eigenvalue weighted by Crippen LogP contribution is 2.25. The van der Waals surface area contributed by atoms with E-state index in [4.69, 9.17) is 17.3 Å². The normalized spacial score (nSPS) is 13.0. The van der Waals surface area contributed by atoms with Gasteiger partial charge in [-0.05, 0) is 24.5 Å². The quantitative estimate of drug-likeness (QED) is 0.750. The van der Waals surface area contributed by atoms with Crippen LogP contribution in [0, 0.1) is 6.92 Å². The molecule has 1 aromatic carbocycles. The summed E-state index contributed by atoms with van der Waals surface area (Å²) in [6.45, 7) is 4.05. The summed E-state index contributed by atoms with van der Waals surface area (Å²) in [5.74, 6) is 0. The summed E-state index contributed by atoms with van der Waals surface area (Å²) in [6, 6.07) is 6.04. The van der Waals surface area contributed by atoms with Crippen LogP contribution in [0.5, 0.6) is 0 Å². The lowest BCUT2D eigenvalue weighted by Gasteiger charge is -2.12. The number of rotatable bonds is 2. The molecule has 2 N–H and O–H groups in total. The van der Waals surface area contributed by atoms with E-state index in [1.165, 1.54) is 0 Å². The van der Waals surface area contributed by atoms with Crippen molar-refractivity contribution in [1.29, 1.82) is 0 Å². The summed E-state index contributed by atoms with van der Waals surface area (Å²) in [5.41, 5.74) is 8.03. The van der Waals surface area contributed by atoms with Gasteiger partial charge in [-0.2, -0.15) is 0 Å². The topological polar surface area (TPSA) is 26.0 Å². The monoisotopic (exact) mass is 183 g/mol. The molecular formula is C10H14ClN. The maximum atomic E-state index is 6.09. The summed E-state index contributed by atoms with van der Waals surface area (Å²) in [4.78, 5) is 0. The number of hydrogen-bond donors (Lipinski definition) is 1. The molecule has 1 aromatic rings. The first-order valence-corrected chi connectivity index (χ1v) is 4.55. The lowest BCUT2D eigenvalue weighted by Crippen LogP contribution is -2.09. The minimum atomic E-state index is 0.0670. The molecule has 0 radical (unpaired) electrons. The van der Waals surface area contributed by atoms with Gasteiger partial charge in [0.15, 0.2) is 0 Å². The van der Waals surface area contributed by atoms with Gasteiger partial charge in [-0.25, -0.2) is 0 Å². The van der Waals surface area contributed by atoms with Gasteiger partial charge in [0.1, 0.15) is 0 Å². The van der Waals surface area contributed by atoms with Gasteiger partial charge < -0.3 is 5.73 Å². The van der Waals surface area contributed by atoms with Gasteiger partial charge in [-0.1, -0.05) is 36.7 Å². The van der Waals surface area contributed by atoms with E-state index in [-0.39, 0.29) is 6.04 Å². The lowest BCUT2D eigenvalue weighted by atomic mass is 10.0.